The third-order valence-electron chi connectivity index (χ3n) is 6.52. The maximum absolute atomic E-state index is 11.8. The van der Waals surface area contributed by atoms with E-state index >= 15 is 0 Å². The van der Waals surface area contributed by atoms with E-state index in [0.717, 1.165) is 61.7 Å². The van der Waals surface area contributed by atoms with E-state index in [4.69, 9.17) is 4.52 Å². The van der Waals surface area contributed by atoms with Crippen LogP contribution in [0.1, 0.15) is 32.1 Å². The average Bonchev–Trinajstić information content (AvgIpc) is 3.16. The fourth-order valence-electron chi connectivity index (χ4n) is 4.57. The maximum Gasteiger partial charge on any atom is 0.317 e. The zero-order valence-electron chi connectivity index (χ0n) is 17.9. The first kappa shape index (κ1) is 21.7. The first-order valence-corrected chi connectivity index (χ1v) is 12.1. The Morgan fingerprint density at radius 3 is 2.63 bits per heavy atom. The molecule has 4 rings (SSSR count). The van der Waals surface area contributed by atoms with Crippen molar-refractivity contribution in [2.24, 2.45) is 5.92 Å². The molecule has 1 aliphatic heterocycles. The number of fused-ring (bicyclic) bond motifs is 1. The van der Waals surface area contributed by atoms with Crippen molar-refractivity contribution in [1.29, 1.82) is 0 Å². The second-order valence-corrected chi connectivity index (χ2v) is 10.1. The smallest absolute Gasteiger partial charge is 0.317 e. The quantitative estimate of drug-likeness (QED) is 0.603. The van der Waals surface area contributed by atoms with Gasteiger partial charge in [-0.05, 0) is 85.4 Å². The lowest BCUT2D eigenvalue weighted by Gasteiger charge is -2.36. The Bertz CT molecular complexity index is 854. The Morgan fingerprint density at radius 1 is 1.20 bits per heavy atom. The molecule has 0 spiro atoms. The number of benzene rings is 1. The van der Waals surface area contributed by atoms with Crippen molar-refractivity contribution in [1.82, 2.24) is 20.3 Å². The van der Waals surface area contributed by atoms with Gasteiger partial charge in [-0.1, -0.05) is 5.16 Å². The Balaban J connectivity index is 1.19. The number of nitrogens with zero attached hydrogens (tertiary/aromatic N) is 4. The van der Waals surface area contributed by atoms with Crippen molar-refractivity contribution in [2.45, 2.75) is 38.1 Å². The molecule has 1 aromatic heterocycles. The summed E-state index contributed by atoms with van der Waals surface area (Å²) < 4.78 is 6.71. The van der Waals surface area contributed by atoms with Crippen molar-refractivity contribution < 1.29 is 9.32 Å². The van der Waals surface area contributed by atoms with Crippen LogP contribution in [0, 0.1) is 9.49 Å². The molecule has 2 aliphatic rings. The van der Waals surface area contributed by atoms with Crippen molar-refractivity contribution in [2.75, 3.05) is 51.7 Å². The molecule has 1 N–H and O–H groups in total. The summed E-state index contributed by atoms with van der Waals surface area (Å²) in [4.78, 5) is 18.4. The Labute approximate surface area is 192 Å². The van der Waals surface area contributed by atoms with Gasteiger partial charge in [-0.3, -0.25) is 4.90 Å². The Kier molecular flexibility index (Phi) is 7.02. The van der Waals surface area contributed by atoms with Crippen LogP contribution in [0.5, 0.6) is 0 Å². The van der Waals surface area contributed by atoms with Crippen molar-refractivity contribution in [3.63, 3.8) is 0 Å². The zero-order valence-corrected chi connectivity index (χ0v) is 20.1. The SMILES string of the molecule is CN(C)C(=O)NC1CCC(CCN2CCN(c3noc4cc(I)ccc34)CC2)CC1. The number of urea groups is 1. The molecule has 0 unspecified atom stereocenters. The fourth-order valence-corrected chi connectivity index (χ4v) is 5.04. The van der Waals surface area contributed by atoms with E-state index in [2.05, 4.69) is 55.0 Å². The van der Waals surface area contributed by atoms with Crippen LogP contribution < -0.4 is 10.2 Å². The van der Waals surface area contributed by atoms with Crippen LogP contribution in [0.3, 0.4) is 0 Å². The highest BCUT2D eigenvalue weighted by atomic mass is 127. The van der Waals surface area contributed by atoms with Gasteiger partial charge in [0.15, 0.2) is 11.4 Å². The standard InChI is InChI=1S/C22H32IN5O2/c1-26(2)22(29)24-18-6-3-16(4-7-18)9-10-27-11-13-28(14-12-27)21-19-8-5-17(23)15-20(19)30-25-21/h5,8,15-16,18H,3-4,6-7,9-14H2,1-2H3,(H,24,29). The number of piperazine rings is 1. The molecule has 1 saturated heterocycles. The second kappa shape index (κ2) is 9.72. The second-order valence-electron chi connectivity index (χ2n) is 8.83. The molecule has 0 bridgehead atoms. The number of nitrogens with one attached hydrogen (secondary N) is 1. The molecule has 0 atom stereocenters. The highest BCUT2D eigenvalue weighted by Gasteiger charge is 2.25. The molecular formula is C22H32IN5O2. The predicted octanol–water partition coefficient (Wildman–Crippen LogP) is 3.77. The number of amides is 2. The van der Waals surface area contributed by atoms with Gasteiger partial charge in [-0.15, -0.1) is 0 Å². The molecular weight excluding hydrogens is 493 g/mol. The summed E-state index contributed by atoms with van der Waals surface area (Å²) in [7, 11) is 3.60. The summed E-state index contributed by atoms with van der Waals surface area (Å²) in [5.41, 5.74) is 0.872. The van der Waals surface area contributed by atoms with Gasteiger partial charge in [-0.25, -0.2) is 4.79 Å². The summed E-state index contributed by atoms with van der Waals surface area (Å²) in [5.74, 6) is 1.77. The molecule has 164 valence electrons. The minimum absolute atomic E-state index is 0.0333. The zero-order chi connectivity index (χ0) is 21.1. The van der Waals surface area contributed by atoms with E-state index in [-0.39, 0.29) is 6.03 Å². The first-order valence-electron chi connectivity index (χ1n) is 11.0. The number of hydrogen-bond acceptors (Lipinski definition) is 5. The predicted molar refractivity (Wildman–Crippen MR) is 128 cm³/mol. The van der Waals surface area contributed by atoms with Crippen LogP contribution in [0.15, 0.2) is 22.7 Å². The molecule has 1 saturated carbocycles. The minimum Gasteiger partial charge on any atom is -0.354 e. The molecule has 7 nitrogen and oxygen atoms in total. The number of halogens is 1. The van der Waals surface area contributed by atoms with Crippen molar-refractivity contribution in [3.05, 3.63) is 21.8 Å². The lowest BCUT2D eigenvalue weighted by Crippen LogP contribution is -2.47. The van der Waals surface area contributed by atoms with E-state index in [9.17, 15) is 4.79 Å². The summed E-state index contributed by atoms with van der Waals surface area (Å²) in [6, 6.07) is 6.65. The van der Waals surface area contributed by atoms with E-state index in [1.807, 2.05) is 6.07 Å². The number of anilines is 1. The number of carbonyl (C=O) groups excluding carboxylic acids is 1. The summed E-state index contributed by atoms with van der Waals surface area (Å²) in [6.07, 6.45) is 5.93. The molecule has 8 heteroatoms. The number of aromatic nitrogens is 1. The summed E-state index contributed by atoms with van der Waals surface area (Å²) >= 11 is 2.30. The maximum atomic E-state index is 11.8. The molecule has 30 heavy (non-hydrogen) atoms. The molecule has 0 radical (unpaired) electrons. The van der Waals surface area contributed by atoms with Gasteiger partial charge in [-0.2, -0.15) is 0 Å². The number of carbonyl (C=O) groups is 1. The van der Waals surface area contributed by atoms with Gasteiger partial charge in [0.2, 0.25) is 0 Å². The topological polar surface area (TPSA) is 64.9 Å². The van der Waals surface area contributed by atoms with Crippen LogP contribution in [0.4, 0.5) is 10.6 Å². The minimum atomic E-state index is 0.0333. The van der Waals surface area contributed by atoms with Crippen molar-refractivity contribution >= 4 is 45.4 Å². The van der Waals surface area contributed by atoms with Crippen LogP contribution in [-0.2, 0) is 0 Å². The molecule has 2 amide bonds. The van der Waals surface area contributed by atoms with Gasteiger partial charge >= 0.3 is 6.03 Å². The van der Waals surface area contributed by atoms with Crippen LogP contribution >= 0.6 is 22.6 Å². The number of rotatable bonds is 5. The Morgan fingerprint density at radius 2 is 1.93 bits per heavy atom. The van der Waals surface area contributed by atoms with E-state index < -0.39 is 0 Å². The van der Waals surface area contributed by atoms with Gasteiger partial charge in [0.1, 0.15) is 0 Å². The normalized spacial score (nSPS) is 23.0. The largest absolute Gasteiger partial charge is 0.354 e. The molecule has 2 aromatic rings. The van der Waals surface area contributed by atoms with Gasteiger partial charge in [0.25, 0.3) is 0 Å². The van der Waals surface area contributed by atoms with E-state index in [0.29, 0.717) is 6.04 Å². The summed E-state index contributed by atoms with van der Waals surface area (Å²) in [6.45, 7) is 5.32. The third kappa shape index (κ3) is 5.19. The molecule has 2 fully saturated rings. The number of hydrogen-bond donors (Lipinski definition) is 1. The summed E-state index contributed by atoms with van der Waals surface area (Å²) in [5, 5.41) is 8.59. The van der Waals surface area contributed by atoms with Gasteiger partial charge in [0.05, 0.1) is 5.39 Å². The molecule has 2 heterocycles. The first-order chi connectivity index (χ1) is 14.5. The van der Waals surface area contributed by atoms with Gasteiger partial charge in [0, 0.05) is 49.9 Å². The van der Waals surface area contributed by atoms with Crippen molar-refractivity contribution in [3.8, 4) is 0 Å². The highest BCUT2D eigenvalue weighted by molar-refractivity contribution is 14.1. The van der Waals surface area contributed by atoms with Gasteiger partial charge < -0.3 is 19.6 Å². The molecule has 1 aliphatic carbocycles. The monoisotopic (exact) mass is 525 g/mol. The third-order valence-corrected chi connectivity index (χ3v) is 7.19. The lowest BCUT2D eigenvalue weighted by atomic mass is 9.84. The van der Waals surface area contributed by atoms with E-state index in [1.54, 1.807) is 19.0 Å². The van der Waals surface area contributed by atoms with Crippen LogP contribution in [0.25, 0.3) is 11.0 Å². The molecule has 1 aromatic carbocycles. The van der Waals surface area contributed by atoms with Crippen LogP contribution in [-0.4, -0.2) is 73.8 Å². The lowest BCUT2D eigenvalue weighted by molar-refractivity contribution is 0.194. The fraction of sp³-hybridized carbons (Fsp3) is 0.636. The Hall–Kier alpha value is -1.55. The average molecular weight is 525 g/mol. The van der Waals surface area contributed by atoms with Crippen LogP contribution in [0.2, 0.25) is 0 Å². The highest BCUT2D eigenvalue weighted by Crippen LogP contribution is 2.29. The van der Waals surface area contributed by atoms with E-state index in [1.165, 1.54) is 29.4 Å².